The van der Waals surface area contributed by atoms with E-state index in [9.17, 15) is 14.7 Å². The first-order chi connectivity index (χ1) is 13.9. The van der Waals surface area contributed by atoms with E-state index >= 15 is 0 Å². The predicted octanol–water partition coefficient (Wildman–Crippen LogP) is 4.91. The highest BCUT2D eigenvalue weighted by molar-refractivity contribution is 7.21. The number of hydrogen-bond acceptors (Lipinski definition) is 5. The summed E-state index contributed by atoms with van der Waals surface area (Å²) in [7, 11) is 1.50. The van der Waals surface area contributed by atoms with Crippen LogP contribution in [0.1, 0.15) is 34.6 Å². The second-order valence-electron chi connectivity index (χ2n) is 6.21. The first-order valence-corrected chi connectivity index (χ1v) is 10.1. The van der Waals surface area contributed by atoms with Crippen LogP contribution < -0.4 is 14.8 Å². The molecule has 1 amide bonds. The molecule has 2 aromatic carbocycles. The third-order valence-electron chi connectivity index (χ3n) is 4.32. The summed E-state index contributed by atoms with van der Waals surface area (Å²) in [5, 5.41) is 13.3. The van der Waals surface area contributed by atoms with Crippen LogP contribution in [0.25, 0.3) is 10.1 Å². The molecule has 29 heavy (non-hydrogen) atoms. The maximum absolute atomic E-state index is 12.9. The zero-order valence-electron chi connectivity index (χ0n) is 15.9. The van der Waals surface area contributed by atoms with E-state index in [-0.39, 0.29) is 6.42 Å². The van der Waals surface area contributed by atoms with Gasteiger partial charge in [0.25, 0.3) is 5.91 Å². The van der Waals surface area contributed by atoms with Gasteiger partial charge in [0.05, 0.1) is 31.2 Å². The zero-order chi connectivity index (χ0) is 21.0. The van der Waals surface area contributed by atoms with Crippen molar-refractivity contribution in [2.75, 3.05) is 13.7 Å². The van der Waals surface area contributed by atoms with Crippen LogP contribution in [0.5, 0.6) is 11.5 Å². The average Bonchev–Trinajstić information content (AvgIpc) is 3.04. The number of hydrogen-bond donors (Lipinski definition) is 2. The van der Waals surface area contributed by atoms with Crippen molar-refractivity contribution in [2.24, 2.45) is 0 Å². The Morgan fingerprint density at radius 3 is 2.62 bits per heavy atom. The number of fused-ring (bicyclic) bond motifs is 1. The minimum Gasteiger partial charge on any atom is -0.493 e. The van der Waals surface area contributed by atoms with Gasteiger partial charge < -0.3 is 19.9 Å². The molecule has 0 radical (unpaired) electrons. The molecule has 1 atom stereocenters. The fraction of sp³-hybridized carbons (Fsp3) is 0.238. The Bertz CT molecular complexity index is 1050. The number of nitrogens with one attached hydrogen (secondary N) is 1. The number of rotatable bonds is 8. The first kappa shape index (κ1) is 21.0. The molecule has 152 valence electrons. The van der Waals surface area contributed by atoms with Crippen molar-refractivity contribution in [3.8, 4) is 11.5 Å². The van der Waals surface area contributed by atoms with Gasteiger partial charge in [-0.2, -0.15) is 0 Å². The minimum atomic E-state index is -1.04. The number of ether oxygens (including phenoxy) is 2. The second-order valence-corrected chi connectivity index (χ2v) is 7.64. The Morgan fingerprint density at radius 1 is 1.21 bits per heavy atom. The molecule has 1 heterocycles. The van der Waals surface area contributed by atoms with Gasteiger partial charge in [-0.15, -0.1) is 11.3 Å². The number of amides is 1. The van der Waals surface area contributed by atoms with Crippen molar-refractivity contribution in [2.45, 2.75) is 19.4 Å². The lowest BCUT2D eigenvalue weighted by Gasteiger charge is -2.19. The van der Waals surface area contributed by atoms with E-state index in [0.717, 1.165) is 10.1 Å². The number of thiophene rings is 1. The highest BCUT2D eigenvalue weighted by Gasteiger charge is 2.23. The Hall–Kier alpha value is -2.77. The van der Waals surface area contributed by atoms with Gasteiger partial charge in [-0.3, -0.25) is 9.59 Å². The van der Waals surface area contributed by atoms with Gasteiger partial charge in [-0.05, 0) is 30.7 Å². The van der Waals surface area contributed by atoms with E-state index in [0.29, 0.717) is 33.6 Å². The summed E-state index contributed by atoms with van der Waals surface area (Å²) in [6.07, 6.45) is -0.286. The summed E-state index contributed by atoms with van der Waals surface area (Å²) in [5.74, 6) is -0.443. The Labute approximate surface area is 177 Å². The molecule has 0 aliphatic heterocycles. The number of aliphatic carboxylic acids is 1. The van der Waals surface area contributed by atoms with Crippen LogP contribution in [0.2, 0.25) is 5.02 Å². The molecule has 3 rings (SSSR count). The van der Waals surface area contributed by atoms with Crippen molar-refractivity contribution in [1.29, 1.82) is 0 Å². The normalized spacial score (nSPS) is 11.8. The lowest BCUT2D eigenvalue weighted by molar-refractivity contribution is -0.137. The molecule has 3 aromatic rings. The molecule has 8 heteroatoms. The monoisotopic (exact) mass is 433 g/mol. The van der Waals surface area contributed by atoms with Crippen LogP contribution in [0.4, 0.5) is 0 Å². The summed E-state index contributed by atoms with van der Waals surface area (Å²) < 4.78 is 11.7. The maximum atomic E-state index is 12.9. The molecule has 0 bridgehead atoms. The third-order valence-corrected chi connectivity index (χ3v) is 5.99. The summed E-state index contributed by atoms with van der Waals surface area (Å²) in [5.41, 5.74) is 0.596. The van der Waals surface area contributed by atoms with Crippen molar-refractivity contribution in [1.82, 2.24) is 5.32 Å². The van der Waals surface area contributed by atoms with Gasteiger partial charge in [0.15, 0.2) is 11.5 Å². The lowest BCUT2D eigenvalue weighted by atomic mass is 10.0. The Kier molecular flexibility index (Phi) is 6.61. The van der Waals surface area contributed by atoms with Gasteiger partial charge in [0.2, 0.25) is 0 Å². The molecule has 6 nitrogen and oxygen atoms in total. The number of carboxylic acids is 1. The van der Waals surface area contributed by atoms with Crippen LogP contribution in [0.15, 0.2) is 42.5 Å². The SMILES string of the molecule is CCOc1ccc([C@@H](CC(=O)O)NC(=O)c2sc3ccccc3c2Cl)cc1OC. The Morgan fingerprint density at radius 2 is 1.97 bits per heavy atom. The molecule has 1 aromatic heterocycles. The molecule has 0 unspecified atom stereocenters. The second kappa shape index (κ2) is 9.15. The summed E-state index contributed by atoms with van der Waals surface area (Å²) in [6, 6.07) is 11.8. The lowest BCUT2D eigenvalue weighted by Crippen LogP contribution is -2.29. The molecule has 0 aliphatic carbocycles. The molecule has 0 fully saturated rings. The van der Waals surface area contributed by atoms with E-state index in [1.54, 1.807) is 18.2 Å². The number of carbonyl (C=O) groups is 2. The fourth-order valence-electron chi connectivity index (χ4n) is 2.99. The van der Waals surface area contributed by atoms with Crippen LogP contribution in [0.3, 0.4) is 0 Å². The van der Waals surface area contributed by atoms with Crippen LogP contribution in [0, 0.1) is 0 Å². The van der Waals surface area contributed by atoms with Gasteiger partial charge in [0, 0.05) is 10.1 Å². The van der Waals surface area contributed by atoms with E-state index < -0.39 is 17.9 Å². The number of benzene rings is 2. The Balaban J connectivity index is 1.91. The molecule has 0 saturated heterocycles. The predicted molar refractivity (Wildman–Crippen MR) is 113 cm³/mol. The molecular weight excluding hydrogens is 414 g/mol. The number of halogens is 1. The van der Waals surface area contributed by atoms with Crippen molar-refractivity contribution < 1.29 is 24.2 Å². The van der Waals surface area contributed by atoms with Crippen LogP contribution >= 0.6 is 22.9 Å². The van der Waals surface area contributed by atoms with E-state index in [1.165, 1.54) is 18.4 Å². The van der Waals surface area contributed by atoms with Gasteiger partial charge in [-0.25, -0.2) is 0 Å². The van der Waals surface area contributed by atoms with Gasteiger partial charge in [0.1, 0.15) is 4.88 Å². The highest BCUT2D eigenvalue weighted by atomic mass is 35.5. The van der Waals surface area contributed by atoms with E-state index in [4.69, 9.17) is 21.1 Å². The average molecular weight is 434 g/mol. The molecule has 0 spiro atoms. The molecule has 0 aliphatic rings. The largest absolute Gasteiger partial charge is 0.493 e. The third kappa shape index (κ3) is 4.63. The standard InChI is InChI=1S/C21H20ClNO5S/c1-3-28-15-9-8-12(10-16(15)27-2)14(11-18(24)25)23-21(26)20-19(22)13-6-4-5-7-17(13)29-20/h4-10,14H,3,11H2,1-2H3,(H,23,26)(H,24,25)/t14-/m1/s1. The zero-order valence-corrected chi connectivity index (χ0v) is 17.5. The topological polar surface area (TPSA) is 84.9 Å². The van der Waals surface area contributed by atoms with Crippen molar-refractivity contribution >= 4 is 44.9 Å². The number of methoxy groups -OCH3 is 1. The fourth-order valence-corrected chi connectivity index (χ4v) is 4.41. The molecule has 2 N–H and O–H groups in total. The summed E-state index contributed by atoms with van der Waals surface area (Å²) >= 11 is 7.66. The summed E-state index contributed by atoms with van der Waals surface area (Å²) in [6.45, 7) is 2.32. The molecular formula is C21H20ClNO5S. The van der Waals surface area contributed by atoms with Gasteiger partial charge in [-0.1, -0.05) is 35.9 Å². The highest BCUT2D eigenvalue weighted by Crippen LogP contribution is 2.36. The number of carbonyl (C=O) groups excluding carboxylic acids is 1. The summed E-state index contributed by atoms with van der Waals surface area (Å²) in [4.78, 5) is 24.6. The smallest absolute Gasteiger partial charge is 0.305 e. The van der Waals surface area contributed by atoms with Gasteiger partial charge >= 0.3 is 5.97 Å². The maximum Gasteiger partial charge on any atom is 0.305 e. The van der Waals surface area contributed by atoms with Crippen LogP contribution in [-0.4, -0.2) is 30.7 Å². The van der Waals surface area contributed by atoms with Crippen LogP contribution in [-0.2, 0) is 4.79 Å². The quantitative estimate of drug-likeness (QED) is 0.527. The van der Waals surface area contributed by atoms with Crippen molar-refractivity contribution in [3.63, 3.8) is 0 Å². The van der Waals surface area contributed by atoms with E-state index in [1.807, 2.05) is 31.2 Å². The van der Waals surface area contributed by atoms with Crippen molar-refractivity contribution in [3.05, 3.63) is 57.9 Å². The minimum absolute atomic E-state index is 0.286. The number of carboxylic acid groups (broad SMARTS) is 1. The molecule has 0 saturated carbocycles. The van der Waals surface area contributed by atoms with E-state index in [2.05, 4.69) is 5.32 Å². The first-order valence-electron chi connectivity index (χ1n) is 8.95.